The third kappa shape index (κ3) is 5.14. The molecule has 0 spiro atoms. The highest BCUT2D eigenvalue weighted by Crippen LogP contribution is 2.37. The van der Waals surface area contributed by atoms with Crippen LogP contribution in [0.1, 0.15) is 41.6 Å². The summed E-state index contributed by atoms with van der Waals surface area (Å²) in [5, 5.41) is 20.9. The molecule has 1 saturated heterocycles. The number of carbonyl (C=O) groups is 1. The maximum absolute atomic E-state index is 12.8. The molecule has 0 aliphatic carbocycles. The second-order valence-electron chi connectivity index (χ2n) is 7.39. The molecule has 1 aliphatic heterocycles. The lowest BCUT2D eigenvalue weighted by molar-refractivity contribution is -0.386. The monoisotopic (exact) mass is 460 g/mol. The van der Waals surface area contributed by atoms with E-state index in [0.717, 1.165) is 31.7 Å². The lowest BCUT2D eigenvalue weighted by atomic mass is 10.1. The standard InChI is InChI=1S/C22H24N2O7S/c1-31-21-15-16(14-19(22(21)26)24(27)28)6-11-20(25)17-7-9-18(10-8-17)32(29,30)23-12-4-2-3-5-13-23/h6-11,14-15,26H,2-5,12-13H2,1H3. The summed E-state index contributed by atoms with van der Waals surface area (Å²) < 4.78 is 32.1. The predicted octanol–water partition coefficient (Wildman–Crippen LogP) is 3.77. The van der Waals surface area contributed by atoms with Crippen LogP contribution in [0.3, 0.4) is 0 Å². The van der Waals surface area contributed by atoms with E-state index in [-0.39, 0.29) is 16.2 Å². The summed E-state index contributed by atoms with van der Waals surface area (Å²) in [4.78, 5) is 23.0. The zero-order valence-electron chi connectivity index (χ0n) is 17.6. The number of rotatable bonds is 7. The van der Waals surface area contributed by atoms with Crippen molar-refractivity contribution in [3.05, 3.63) is 63.7 Å². The van der Waals surface area contributed by atoms with Gasteiger partial charge in [0.15, 0.2) is 11.5 Å². The van der Waals surface area contributed by atoms with E-state index in [0.29, 0.717) is 18.7 Å². The number of hydrogen-bond donors (Lipinski definition) is 1. The number of nitro benzene ring substituents is 1. The summed E-state index contributed by atoms with van der Waals surface area (Å²) in [7, 11) is -2.34. The molecule has 3 rings (SSSR count). The van der Waals surface area contributed by atoms with E-state index in [1.807, 2.05) is 0 Å². The number of ketones is 1. The fraction of sp³-hybridized carbons (Fsp3) is 0.318. The minimum atomic E-state index is -3.61. The van der Waals surface area contributed by atoms with Crippen molar-refractivity contribution in [3.63, 3.8) is 0 Å². The summed E-state index contributed by atoms with van der Waals surface area (Å²) in [5.41, 5.74) is 0.0240. The van der Waals surface area contributed by atoms with E-state index in [4.69, 9.17) is 4.74 Å². The van der Waals surface area contributed by atoms with Crippen molar-refractivity contribution in [3.8, 4) is 11.5 Å². The molecule has 10 heteroatoms. The molecule has 32 heavy (non-hydrogen) atoms. The van der Waals surface area contributed by atoms with Crippen molar-refractivity contribution >= 4 is 27.6 Å². The Hall–Kier alpha value is -3.24. The van der Waals surface area contributed by atoms with Crippen LogP contribution in [0.25, 0.3) is 6.08 Å². The number of nitrogens with zero attached hydrogens (tertiary/aromatic N) is 2. The molecule has 170 valence electrons. The van der Waals surface area contributed by atoms with Gasteiger partial charge in [-0.3, -0.25) is 14.9 Å². The number of ether oxygens (including phenoxy) is 1. The molecule has 1 heterocycles. The van der Waals surface area contributed by atoms with E-state index >= 15 is 0 Å². The predicted molar refractivity (Wildman–Crippen MR) is 118 cm³/mol. The Morgan fingerprint density at radius 1 is 1.12 bits per heavy atom. The Labute approximate surface area is 186 Å². The third-order valence-electron chi connectivity index (χ3n) is 5.26. The maximum atomic E-state index is 12.8. The second-order valence-corrected chi connectivity index (χ2v) is 9.33. The maximum Gasteiger partial charge on any atom is 0.315 e. The van der Waals surface area contributed by atoms with Crippen molar-refractivity contribution in [2.75, 3.05) is 20.2 Å². The summed E-state index contributed by atoms with van der Waals surface area (Å²) >= 11 is 0. The van der Waals surface area contributed by atoms with Gasteiger partial charge in [-0.2, -0.15) is 4.31 Å². The van der Waals surface area contributed by atoms with E-state index in [1.54, 1.807) is 0 Å². The highest BCUT2D eigenvalue weighted by Gasteiger charge is 2.25. The fourth-order valence-corrected chi connectivity index (χ4v) is 5.01. The first-order valence-electron chi connectivity index (χ1n) is 10.1. The van der Waals surface area contributed by atoms with Gasteiger partial charge in [0.2, 0.25) is 15.8 Å². The van der Waals surface area contributed by atoms with Crippen LogP contribution < -0.4 is 4.74 Å². The van der Waals surface area contributed by atoms with E-state index < -0.39 is 32.2 Å². The van der Waals surface area contributed by atoms with E-state index in [1.165, 1.54) is 53.9 Å². The zero-order chi connectivity index (χ0) is 23.3. The van der Waals surface area contributed by atoms with Gasteiger partial charge in [0.05, 0.1) is 16.9 Å². The smallest absolute Gasteiger partial charge is 0.315 e. The fourth-order valence-electron chi connectivity index (χ4n) is 3.50. The zero-order valence-corrected chi connectivity index (χ0v) is 18.4. The highest BCUT2D eigenvalue weighted by atomic mass is 32.2. The summed E-state index contributed by atoms with van der Waals surface area (Å²) in [6.45, 7) is 0.988. The van der Waals surface area contributed by atoms with Gasteiger partial charge in [-0.15, -0.1) is 0 Å². The summed E-state index contributed by atoms with van der Waals surface area (Å²) in [5.74, 6) is -1.09. The Morgan fingerprint density at radius 3 is 2.31 bits per heavy atom. The lowest BCUT2D eigenvalue weighted by Crippen LogP contribution is -2.31. The third-order valence-corrected chi connectivity index (χ3v) is 7.18. The second kappa shape index (κ2) is 9.92. The quantitative estimate of drug-likeness (QED) is 0.288. The first kappa shape index (κ1) is 23.4. The molecular formula is C22H24N2O7S. The van der Waals surface area contributed by atoms with Crippen LogP contribution in [-0.2, 0) is 10.0 Å². The highest BCUT2D eigenvalue weighted by molar-refractivity contribution is 7.89. The molecule has 0 radical (unpaired) electrons. The molecule has 0 saturated carbocycles. The van der Waals surface area contributed by atoms with E-state index in [9.17, 15) is 28.4 Å². The molecule has 1 N–H and O–H groups in total. The molecule has 2 aromatic rings. The van der Waals surface area contributed by atoms with Crippen LogP contribution in [-0.4, -0.2) is 48.7 Å². The number of phenols is 1. The van der Waals surface area contributed by atoms with Crippen molar-refractivity contribution in [1.82, 2.24) is 4.31 Å². The topological polar surface area (TPSA) is 127 Å². The number of hydrogen-bond acceptors (Lipinski definition) is 7. The van der Waals surface area contributed by atoms with Gasteiger partial charge in [-0.1, -0.05) is 18.9 Å². The van der Waals surface area contributed by atoms with Crippen LogP contribution in [0.5, 0.6) is 11.5 Å². The SMILES string of the molecule is COc1cc(C=CC(=O)c2ccc(S(=O)(=O)N3CCCCCC3)cc2)cc([N+](=O)[O-])c1O. The minimum Gasteiger partial charge on any atom is -0.500 e. The Bertz CT molecular complexity index is 1130. The van der Waals surface area contributed by atoms with Gasteiger partial charge in [-0.25, -0.2) is 8.42 Å². The number of aromatic hydroxyl groups is 1. The van der Waals surface area contributed by atoms with Crippen molar-refractivity contribution in [2.24, 2.45) is 0 Å². The number of methoxy groups -OCH3 is 1. The van der Waals surface area contributed by atoms with Crippen molar-refractivity contribution in [2.45, 2.75) is 30.6 Å². The van der Waals surface area contributed by atoms with Crippen LogP contribution >= 0.6 is 0 Å². The number of phenolic OH excluding ortho intramolecular Hbond substituents is 1. The van der Waals surface area contributed by atoms with Gasteiger partial charge >= 0.3 is 5.69 Å². The number of nitro groups is 1. The number of sulfonamides is 1. The molecule has 1 aliphatic rings. The van der Waals surface area contributed by atoms with Gasteiger partial charge in [0.1, 0.15) is 0 Å². The molecule has 0 unspecified atom stereocenters. The number of carbonyl (C=O) groups excluding carboxylic acids is 1. The molecule has 9 nitrogen and oxygen atoms in total. The summed E-state index contributed by atoms with van der Waals surface area (Å²) in [6, 6.07) is 8.20. The molecule has 0 aromatic heterocycles. The van der Waals surface area contributed by atoms with Crippen LogP contribution in [0, 0.1) is 10.1 Å². The Morgan fingerprint density at radius 2 is 1.75 bits per heavy atom. The molecule has 1 fully saturated rings. The van der Waals surface area contributed by atoms with Gasteiger partial charge < -0.3 is 9.84 Å². The van der Waals surface area contributed by atoms with Crippen LogP contribution in [0.15, 0.2) is 47.4 Å². The van der Waals surface area contributed by atoms with Crippen molar-refractivity contribution in [1.29, 1.82) is 0 Å². The molecule has 0 amide bonds. The van der Waals surface area contributed by atoms with Crippen LogP contribution in [0.4, 0.5) is 5.69 Å². The summed E-state index contributed by atoms with van der Waals surface area (Å²) in [6.07, 6.45) is 6.28. The van der Waals surface area contributed by atoms with Gasteiger partial charge in [0.25, 0.3) is 0 Å². The average Bonchev–Trinajstić information content (AvgIpc) is 3.08. The molecule has 0 bridgehead atoms. The van der Waals surface area contributed by atoms with Gasteiger partial charge in [0, 0.05) is 24.7 Å². The van der Waals surface area contributed by atoms with Crippen LogP contribution in [0.2, 0.25) is 0 Å². The first-order valence-corrected chi connectivity index (χ1v) is 11.6. The van der Waals surface area contributed by atoms with Gasteiger partial charge in [-0.05, 0) is 54.8 Å². The molecule has 2 aromatic carbocycles. The average molecular weight is 461 g/mol. The number of allylic oxidation sites excluding steroid dienone is 1. The lowest BCUT2D eigenvalue weighted by Gasteiger charge is -2.19. The minimum absolute atomic E-state index is 0.0885. The molecule has 0 atom stereocenters. The first-order chi connectivity index (χ1) is 15.2. The van der Waals surface area contributed by atoms with E-state index in [2.05, 4.69) is 0 Å². The largest absolute Gasteiger partial charge is 0.500 e. The molecular weight excluding hydrogens is 436 g/mol. The van der Waals surface area contributed by atoms with Crippen molar-refractivity contribution < 1.29 is 28.0 Å². The number of benzene rings is 2. The normalized spacial score (nSPS) is 15.4. The Balaban J connectivity index is 1.78. The Kier molecular flexibility index (Phi) is 7.26.